The zero-order chi connectivity index (χ0) is 16.9. The zero-order valence-corrected chi connectivity index (χ0v) is 13.6. The number of hydrogen-bond acceptors (Lipinski definition) is 3. The fourth-order valence-corrected chi connectivity index (χ4v) is 3.19. The van der Waals surface area contributed by atoms with Gasteiger partial charge in [-0.3, -0.25) is 4.79 Å². The molecule has 4 heteroatoms. The maximum Gasteiger partial charge on any atom is 0.255 e. The minimum absolute atomic E-state index is 0.000144. The number of hydrogen-bond donors (Lipinski definition) is 3. The summed E-state index contributed by atoms with van der Waals surface area (Å²) in [6.45, 7) is 0. The number of nitrogens with one attached hydrogen (secondary N) is 1. The van der Waals surface area contributed by atoms with Crippen molar-refractivity contribution in [2.75, 3.05) is 0 Å². The standard InChI is InChI=1S/C20H23NO3/c22-17-9-7-16(8-10-17)21-20(24)18-13-15(6-11-19(18)23)12-14-4-2-1-3-5-14/h1-6,11,13,16-17,22-23H,7-10,12H2,(H,21,24). The van der Waals surface area contributed by atoms with E-state index in [1.807, 2.05) is 36.4 Å². The molecule has 0 bridgehead atoms. The van der Waals surface area contributed by atoms with Crippen LogP contribution in [-0.4, -0.2) is 28.3 Å². The van der Waals surface area contributed by atoms with Crippen LogP contribution in [0, 0.1) is 0 Å². The van der Waals surface area contributed by atoms with Crippen molar-refractivity contribution in [1.29, 1.82) is 0 Å². The fourth-order valence-electron chi connectivity index (χ4n) is 3.19. The third-order valence-corrected chi connectivity index (χ3v) is 4.59. The van der Waals surface area contributed by atoms with E-state index in [0.29, 0.717) is 18.4 Å². The van der Waals surface area contributed by atoms with Gasteiger partial charge < -0.3 is 15.5 Å². The minimum Gasteiger partial charge on any atom is -0.507 e. The van der Waals surface area contributed by atoms with Crippen molar-refractivity contribution < 1.29 is 15.0 Å². The second-order valence-electron chi connectivity index (χ2n) is 6.49. The topological polar surface area (TPSA) is 69.6 Å². The Balaban J connectivity index is 1.70. The largest absolute Gasteiger partial charge is 0.507 e. The molecule has 0 aromatic heterocycles. The van der Waals surface area contributed by atoms with Gasteiger partial charge in [0.2, 0.25) is 0 Å². The first kappa shape index (κ1) is 16.5. The van der Waals surface area contributed by atoms with E-state index in [4.69, 9.17) is 0 Å². The number of amides is 1. The van der Waals surface area contributed by atoms with Crippen molar-refractivity contribution in [2.24, 2.45) is 0 Å². The number of aliphatic hydroxyl groups is 1. The molecule has 0 saturated heterocycles. The average Bonchev–Trinajstić information content (AvgIpc) is 2.59. The van der Waals surface area contributed by atoms with Crippen molar-refractivity contribution in [2.45, 2.75) is 44.2 Å². The number of carbonyl (C=O) groups excluding carboxylic acids is 1. The lowest BCUT2D eigenvalue weighted by Crippen LogP contribution is -2.38. The Bertz CT molecular complexity index is 691. The number of phenolic OH excluding ortho intramolecular Hbond substituents is 1. The van der Waals surface area contributed by atoms with Crippen molar-refractivity contribution >= 4 is 5.91 Å². The highest BCUT2D eigenvalue weighted by atomic mass is 16.3. The molecule has 0 unspecified atom stereocenters. The molecule has 1 amide bonds. The number of carbonyl (C=O) groups is 1. The lowest BCUT2D eigenvalue weighted by atomic mass is 9.93. The second kappa shape index (κ2) is 7.49. The molecule has 1 aliphatic carbocycles. The van der Waals surface area contributed by atoms with Crippen LogP contribution >= 0.6 is 0 Å². The van der Waals surface area contributed by atoms with Gasteiger partial charge in [-0.1, -0.05) is 36.4 Å². The van der Waals surface area contributed by atoms with Crippen LogP contribution in [0.2, 0.25) is 0 Å². The summed E-state index contributed by atoms with van der Waals surface area (Å²) in [6, 6.07) is 15.3. The van der Waals surface area contributed by atoms with Gasteiger partial charge >= 0.3 is 0 Å². The smallest absolute Gasteiger partial charge is 0.255 e. The second-order valence-corrected chi connectivity index (χ2v) is 6.49. The van der Waals surface area contributed by atoms with Gasteiger partial charge in [-0.15, -0.1) is 0 Å². The van der Waals surface area contributed by atoms with Gasteiger partial charge in [-0.05, 0) is 55.4 Å². The number of benzene rings is 2. The van der Waals surface area contributed by atoms with E-state index in [-0.39, 0.29) is 23.8 Å². The van der Waals surface area contributed by atoms with E-state index in [1.54, 1.807) is 12.1 Å². The van der Waals surface area contributed by atoms with Crippen LogP contribution < -0.4 is 5.32 Å². The molecule has 0 atom stereocenters. The van der Waals surface area contributed by atoms with Gasteiger partial charge in [0.1, 0.15) is 5.75 Å². The lowest BCUT2D eigenvalue weighted by molar-refractivity contribution is 0.0865. The molecule has 3 N–H and O–H groups in total. The predicted octanol–water partition coefficient (Wildman–Crippen LogP) is 3.02. The molecule has 24 heavy (non-hydrogen) atoms. The van der Waals surface area contributed by atoms with E-state index < -0.39 is 0 Å². The fraction of sp³-hybridized carbons (Fsp3) is 0.350. The van der Waals surface area contributed by atoms with Crippen molar-refractivity contribution in [3.63, 3.8) is 0 Å². The highest BCUT2D eigenvalue weighted by Gasteiger charge is 2.22. The molecule has 2 aromatic rings. The molecule has 0 spiro atoms. The molecule has 0 heterocycles. The third-order valence-electron chi connectivity index (χ3n) is 4.59. The van der Waals surface area contributed by atoms with Crippen LogP contribution in [0.3, 0.4) is 0 Å². The minimum atomic E-state index is -0.249. The Morgan fingerprint density at radius 2 is 1.71 bits per heavy atom. The monoisotopic (exact) mass is 325 g/mol. The van der Waals surface area contributed by atoms with Gasteiger partial charge in [-0.25, -0.2) is 0 Å². The number of phenols is 1. The Kier molecular flexibility index (Phi) is 5.16. The van der Waals surface area contributed by atoms with Crippen LogP contribution in [-0.2, 0) is 6.42 Å². The number of rotatable bonds is 4. The van der Waals surface area contributed by atoms with E-state index in [2.05, 4.69) is 5.32 Å². The van der Waals surface area contributed by atoms with E-state index >= 15 is 0 Å². The quantitative estimate of drug-likeness (QED) is 0.809. The highest BCUT2D eigenvalue weighted by molar-refractivity contribution is 5.97. The van der Waals surface area contributed by atoms with E-state index in [9.17, 15) is 15.0 Å². The molecule has 0 aliphatic heterocycles. The first-order valence-corrected chi connectivity index (χ1v) is 8.46. The SMILES string of the molecule is O=C(NC1CCC(O)CC1)c1cc(Cc2ccccc2)ccc1O. The summed E-state index contributed by atoms with van der Waals surface area (Å²) >= 11 is 0. The van der Waals surface area contributed by atoms with Crippen molar-refractivity contribution in [1.82, 2.24) is 5.32 Å². The molecule has 3 rings (SSSR count). The summed E-state index contributed by atoms with van der Waals surface area (Å²) in [5, 5.41) is 22.6. The molecule has 1 saturated carbocycles. The number of aromatic hydroxyl groups is 1. The summed E-state index contributed by atoms with van der Waals surface area (Å²) in [7, 11) is 0. The van der Waals surface area contributed by atoms with E-state index in [0.717, 1.165) is 30.4 Å². The summed E-state index contributed by atoms with van der Waals surface area (Å²) in [6.07, 6.45) is 3.45. The molecule has 2 aromatic carbocycles. The Morgan fingerprint density at radius 3 is 2.42 bits per heavy atom. The zero-order valence-electron chi connectivity index (χ0n) is 13.6. The first-order valence-electron chi connectivity index (χ1n) is 8.46. The van der Waals surface area contributed by atoms with Gasteiger partial charge in [-0.2, -0.15) is 0 Å². The maximum atomic E-state index is 12.5. The van der Waals surface area contributed by atoms with Crippen LogP contribution in [0.1, 0.15) is 47.2 Å². The Hall–Kier alpha value is -2.33. The molecule has 0 radical (unpaired) electrons. The molecule has 4 nitrogen and oxygen atoms in total. The summed E-state index contributed by atoms with van der Waals surface area (Å²) in [4.78, 5) is 12.5. The van der Waals surface area contributed by atoms with Crippen LogP contribution in [0.15, 0.2) is 48.5 Å². The van der Waals surface area contributed by atoms with Gasteiger partial charge in [0.25, 0.3) is 5.91 Å². The maximum absolute atomic E-state index is 12.5. The summed E-state index contributed by atoms with van der Waals surface area (Å²) < 4.78 is 0. The average molecular weight is 325 g/mol. The molecule has 1 aliphatic rings. The van der Waals surface area contributed by atoms with Crippen molar-refractivity contribution in [3.8, 4) is 5.75 Å². The van der Waals surface area contributed by atoms with E-state index in [1.165, 1.54) is 0 Å². The number of aliphatic hydroxyl groups excluding tert-OH is 1. The van der Waals surface area contributed by atoms with Gasteiger partial charge in [0, 0.05) is 6.04 Å². The summed E-state index contributed by atoms with van der Waals surface area (Å²) in [5.41, 5.74) is 2.47. The van der Waals surface area contributed by atoms with Crippen LogP contribution in [0.25, 0.3) is 0 Å². The highest BCUT2D eigenvalue weighted by Crippen LogP contribution is 2.23. The normalized spacial score (nSPS) is 20.5. The van der Waals surface area contributed by atoms with Crippen molar-refractivity contribution in [3.05, 3.63) is 65.2 Å². The van der Waals surface area contributed by atoms with Gasteiger partial charge in [0.15, 0.2) is 0 Å². The third kappa shape index (κ3) is 4.15. The predicted molar refractivity (Wildman–Crippen MR) is 93.1 cm³/mol. The Morgan fingerprint density at radius 1 is 1.00 bits per heavy atom. The Labute approximate surface area is 142 Å². The molecular formula is C20H23NO3. The van der Waals surface area contributed by atoms with Gasteiger partial charge in [0.05, 0.1) is 11.7 Å². The molecule has 126 valence electrons. The molecule has 1 fully saturated rings. The lowest BCUT2D eigenvalue weighted by Gasteiger charge is -2.26. The summed E-state index contributed by atoms with van der Waals surface area (Å²) in [5.74, 6) is -0.246. The first-order chi connectivity index (χ1) is 11.6. The molecular weight excluding hydrogens is 302 g/mol. The van der Waals surface area contributed by atoms with Crippen LogP contribution in [0.5, 0.6) is 5.75 Å². The van der Waals surface area contributed by atoms with Crippen LogP contribution in [0.4, 0.5) is 0 Å².